The van der Waals surface area contributed by atoms with Crippen molar-refractivity contribution in [2.75, 3.05) is 45.2 Å². The fourth-order valence-corrected chi connectivity index (χ4v) is 5.65. The number of hydrogen-bond donors (Lipinski definition) is 1. The molecule has 1 N–H and O–H groups in total. The molecule has 1 saturated heterocycles. The third-order valence-electron chi connectivity index (χ3n) is 6.07. The quantitative estimate of drug-likeness (QED) is 0.691. The number of carbonyl (C=O) groups excluding carboxylic acids is 3. The minimum Gasteiger partial charge on any atom is -0.465 e. The van der Waals surface area contributed by atoms with Crippen LogP contribution in [-0.2, 0) is 22.4 Å². The van der Waals surface area contributed by atoms with Crippen LogP contribution < -0.4 is 5.32 Å². The van der Waals surface area contributed by atoms with Crippen molar-refractivity contribution in [1.29, 1.82) is 0 Å². The fraction of sp³-hybridized carbons (Fsp3) is 0.522. The number of carbonyl (C=O) groups is 3. The summed E-state index contributed by atoms with van der Waals surface area (Å²) in [5.74, 6) is -0.337. The number of methoxy groups -OCH3 is 1. The molecule has 3 heterocycles. The molecule has 0 bridgehead atoms. The Morgan fingerprint density at radius 2 is 1.84 bits per heavy atom. The van der Waals surface area contributed by atoms with Gasteiger partial charge < -0.3 is 19.4 Å². The highest BCUT2D eigenvalue weighted by molar-refractivity contribution is 7.17. The predicted molar refractivity (Wildman–Crippen MR) is 121 cm³/mol. The van der Waals surface area contributed by atoms with Crippen molar-refractivity contribution in [3.8, 4) is 0 Å². The third kappa shape index (κ3) is 5.05. The summed E-state index contributed by atoms with van der Waals surface area (Å²) in [5.41, 5.74) is 1.57. The number of thiophene rings is 1. The highest BCUT2D eigenvalue weighted by Gasteiger charge is 2.28. The number of aryl methyl sites for hydroxylation is 1. The normalized spacial score (nSPS) is 17.2. The topological polar surface area (TPSA) is 92.1 Å². The zero-order valence-corrected chi connectivity index (χ0v) is 19.2. The summed E-state index contributed by atoms with van der Waals surface area (Å²) >= 11 is 1.51. The molecule has 0 unspecified atom stereocenters. The second kappa shape index (κ2) is 10.3. The minimum absolute atomic E-state index is 0.127. The Labute approximate surface area is 191 Å². The molecule has 0 spiro atoms. The SMILES string of the molecule is COC(=O)c1c(NC(=O)CN2CCN(C(=O)c3ccco3)CC2)sc2c1CCCCCC2. The summed E-state index contributed by atoms with van der Waals surface area (Å²) in [6.45, 7) is 2.49. The molecule has 172 valence electrons. The molecular weight excluding hydrogens is 430 g/mol. The maximum atomic E-state index is 12.8. The lowest BCUT2D eigenvalue weighted by atomic mass is 9.96. The molecule has 2 aromatic heterocycles. The van der Waals surface area contributed by atoms with Crippen molar-refractivity contribution in [3.05, 3.63) is 40.2 Å². The van der Waals surface area contributed by atoms with Crippen molar-refractivity contribution in [2.24, 2.45) is 0 Å². The van der Waals surface area contributed by atoms with Crippen LogP contribution in [0.1, 0.15) is 57.0 Å². The molecule has 0 radical (unpaired) electrons. The molecule has 2 aliphatic rings. The van der Waals surface area contributed by atoms with Gasteiger partial charge in [0.1, 0.15) is 5.00 Å². The summed E-state index contributed by atoms with van der Waals surface area (Å²) in [7, 11) is 1.38. The van der Waals surface area contributed by atoms with Crippen LogP contribution in [-0.4, -0.2) is 67.4 Å². The van der Waals surface area contributed by atoms with Gasteiger partial charge in [-0.25, -0.2) is 4.79 Å². The van der Waals surface area contributed by atoms with Crippen molar-refractivity contribution in [3.63, 3.8) is 0 Å². The van der Waals surface area contributed by atoms with Gasteiger partial charge in [0.15, 0.2) is 5.76 Å². The van der Waals surface area contributed by atoms with Gasteiger partial charge in [-0.15, -0.1) is 11.3 Å². The van der Waals surface area contributed by atoms with Crippen molar-refractivity contribution < 1.29 is 23.5 Å². The largest absolute Gasteiger partial charge is 0.465 e. The molecule has 8 nitrogen and oxygen atoms in total. The van der Waals surface area contributed by atoms with Crippen molar-refractivity contribution >= 4 is 34.1 Å². The van der Waals surface area contributed by atoms with Crippen LogP contribution in [0.25, 0.3) is 0 Å². The number of anilines is 1. The van der Waals surface area contributed by atoms with E-state index in [0.717, 1.165) is 37.7 Å². The van der Waals surface area contributed by atoms with E-state index in [-0.39, 0.29) is 24.3 Å². The number of piperazine rings is 1. The molecule has 4 rings (SSSR count). The lowest BCUT2D eigenvalue weighted by Gasteiger charge is -2.33. The molecule has 0 aromatic carbocycles. The Morgan fingerprint density at radius 1 is 1.09 bits per heavy atom. The lowest BCUT2D eigenvalue weighted by molar-refractivity contribution is -0.117. The highest BCUT2D eigenvalue weighted by Crippen LogP contribution is 2.37. The average molecular weight is 460 g/mol. The Balaban J connectivity index is 1.37. The smallest absolute Gasteiger partial charge is 0.341 e. The first-order valence-electron chi connectivity index (χ1n) is 11.1. The van der Waals surface area contributed by atoms with E-state index in [2.05, 4.69) is 5.32 Å². The van der Waals surface area contributed by atoms with Crippen LogP contribution in [0.5, 0.6) is 0 Å². The minimum atomic E-state index is -0.386. The first kappa shape index (κ1) is 22.5. The van der Waals surface area contributed by atoms with Gasteiger partial charge in [-0.3, -0.25) is 14.5 Å². The second-order valence-corrected chi connectivity index (χ2v) is 9.31. The molecular formula is C23H29N3O5S. The number of rotatable bonds is 5. The van der Waals surface area contributed by atoms with Crippen LogP contribution >= 0.6 is 11.3 Å². The Kier molecular flexibility index (Phi) is 7.26. The molecule has 2 amide bonds. The van der Waals surface area contributed by atoms with Crippen molar-refractivity contribution in [1.82, 2.24) is 9.80 Å². The standard InChI is InChI=1S/C23H29N3O5S/c1-30-23(29)20-16-7-4-2-3-5-9-18(16)32-21(20)24-19(27)15-25-10-12-26(13-11-25)22(28)17-8-6-14-31-17/h6,8,14H,2-5,7,9-13,15H2,1H3,(H,24,27). The zero-order chi connectivity index (χ0) is 22.5. The second-order valence-electron chi connectivity index (χ2n) is 8.21. The van der Waals surface area contributed by atoms with Gasteiger partial charge in [-0.05, 0) is 43.4 Å². The Morgan fingerprint density at radius 3 is 2.53 bits per heavy atom. The molecule has 0 atom stereocenters. The summed E-state index contributed by atoms with van der Waals surface area (Å²) in [4.78, 5) is 42.7. The van der Waals surface area contributed by atoms with Crippen LogP contribution in [0.3, 0.4) is 0 Å². The number of nitrogens with one attached hydrogen (secondary N) is 1. The number of amides is 2. The van der Waals surface area contributed by atoms with E-state index in [0.29, 0.717) is 42.5 Å². The van der Waals surface area contributed by atoms with Gasteiger partial charge in [0.25, 0.3) is 5.91 Å². The average Bonchev–Trinajstić information content (AvgIpc) is 3.42. The molecule has 1 fully saturated rings. The molecule has 0 saturated carbocycles. The van der Waals surface area contributed by atoms with Crippen LogP contribution in [0.4, 0.5) is 5.00 Å². The maximum absolute atomic E-state index is 12.8. The molecule has 1 aliphatic carbocycles. The van der Waals surface area contributed by atoms with E-state index < -0.39 is 0 Å². The number of ether oxygens (including phenoxy) is 1. The lowest BCUT2D eigenvalue weighted by Crippen LogP contribution is -2.50. The number of esters is 1. The summed E-state index contributed by atoms with van der Waals surface area (Å²) in [6.07, 6.45) is 7.77. The van der Waals surface area contributed by atoms with E-state index in [1.807, 2.05) is 4.90 Å². The first-order valence-corrected chi connectivity index (χ1v) is 12.0. The van der Waals surface area contributed by atoms with E-state index in [1.165, 1.54) is 36.0 Å². The van der Waals surface area contributed by atoms with Crippen molar-refractivity contribution in [2.45, 2.75) is 38.5 Å². The summed E-state index contributed by atoms with van der Waals surface area (Å²) in [5, 5.41) is 3.57. The summed E-state index contributed by atoms with van der Waals surface area (Å²) in [6, 6.07) is 3.36. The van der Waals surface area contributed by atoms with E-state index in [1.54, 1.807) is 17.0 Å². The third-order valence-corrected chi connectivity index (χ3v) is 7.28. The van der Waals surface area contributed by atoms with Gasteiger partial charge in [-0.2, -0.15) is 0 Å². The zero-order valence-electron chi connectivity index (χ0n) is 18.4. The van der Waals surface area contributed by atoms with E-state index in [9.17, 15) is 14.4 Å². The van der Waals surface area contributed by atoms with Gasteiger partial charge in [0.2, 0.25) is 5.91 Å². The van der Waals surface area contributed by atoms with Gasteiger partial charge in [-0.1, -0.05) is 12.8 Å². The Hall–Kier alpha value is -2.65. The van der Waals surface area contributed by atoms with E-state index in [4.69, 9.17) is 9.15 Å². The first-order chi connectivity index (χ1) is 15.6. The predicted octanol–water partition coefficient (Wildman–Crippen LogP) is 3.18. The van der Waals surface area contributed by atoms with E-state index >= 15 is 0 Å². The van der Waals surface area contributed by atoms with Crippen LogP contribution in [0.15, 0.2) is 22.8 Å². The van der Waals surface area contributed by atoms with Gasteiger partial charge in [0, 0.05) is 31.1 Å². The summed E-state index contributed by atoms with van der Waals surface area (Å²) < 4.78 is 10.2. The number of nitrogens with zero attached hydrogens (tertiary/aromatic N) is 2. The maximum Gasteiger partial charge on any atom is 0.341 e. The molecule has 1 aliphatic heterocycles. The number of hydrogen-bond acceptors (Lipinski definition) is 7. The monoisotopic (exact) mass is 459 g/mol. The van der Waals surface area contributed by atoms with Gasteiger partial charge in [0.05, 0.1) is 25.5 Å². The highest BCUT2D eigenvalue weighted by atomic mass is 32.1. The van der Waals surface area contributed by atoms with Gasteiger partial charge >= 0.3 is 5.97 Å². The van der Waals surface area contributed by atoms with Crippen LogP contribution in [0.2, 0.25) is 0 Å². The molecule has 32 heavy (non-hydrogen) atoms. The Bertz CT molecular complexity index is 961. The number of fused-ring (bicyclic) bond motifs is 1. The number of furan rings is 1. The fourth-order valence-electron chi connectivity index (χ4n) is 4.36. The molecule has 9 heteroatoms. The molecule has 2 aromatic rings. The van der Waals surface area contributed by atoms with Crippen LogP contribution in [0, 0.1) is 0 Å².